The van der Waals surface area contributed by atoms with Crippen molar-refractivity contribution in [2.24, 2.45) is 5.92 Å². The van der Waals surface area contributed by atoms with Crippen LogP contribution in [0.25, 0.3) is 0 Å². The SMILES string of the molecule is CC(=O)c1ccc(S(=O)(=O)NC2CCOC2C2CC2)cc1. The van der Waals surface area contributed by atoms with E-state index in [1.807, 2.05) is 0 Å². The number of benzene rings is 1. The van der Waals surface area contributed by atoms with Crippen molar-refractivity contribution in [1.82, 2.24) is 4.72 Å². The minimum Gasteiger partial charge on any atom is -0.376 e. The van der Waals surface area contributed by atoms with E-state index < -0.39 is 10.0 Å². The van der Waals surface area contributed by atoms with Crippen LogP contribution < -0.4 is 4.72 Å². The van der Waals surface area contributed by atoms with Crippen LogP contribution in [0.1, 0.15) is 36.5 Å². The van der Waals surface area contributed by atoms with Crippen molar-refractivity contribution >= 4 is 15.8 Å². The molecule has 1 aliphatic carbocycles. The zero-order valence-electron chi connectivity index (χ0n) is 11.9. The Kier molecular flexibility index (Phi) is 3.86. The van der Waals surface area contributed by atoms with Crippen LogP contribution >= 0.6 is 0 Å². The Morgan fingerprint density at radius 2 is 1.86 bits per heavy atom. The highest BCUT2D eigenvalue weighted by Crippen LogP contribution is 2.39. The molecule has 1 aliphatic heterocycles. The zero-order chi connectivity index (χ0) is 15.0. The molecule has 0 bridgehead atoms. The minimum absolute atomic E-state index is 0.0104. The van der Waals surface area contributed by atoms with E-state index in [9.17, 15) is 13.2 Å². The van der Waals surface area contributed by atoms with E-state index in [-0.39, 0.29) is 22.8 Å². The van der Waals surface area contributed by atoms with Crippen LogP contribution in [0.5, 0.6) is 0 Å². The summed E-state index contributed by atoms with van der Waals surface area (Å²) in [5.41, 5.74) is 0.508. The Balaban J connectivity index is 1.75. The van der Waals surface area contributed by atoms with Crippen molar-refractivity contribution in [1.29, 1.82) is 0 Å². The van der Waals surface area contributed by atoms with E-state index in [4.69, 9.17) is 4.74 Å². The predicted molar refractivity (Wildman–Crippen MR) is 77.6 cm³/mol. The van der Waals surface area contributed by atoms with Crippen LogP contribution in [-0.2, 0) is 14.8 Å². The van der Waals surface area contributed by atoms with Gasteiger partial charge in [0.25, 0.3) is 0 Å². The Hall–Kier alpha value is -1.24. The molecule has 2 atom stereocenters. The molecule has 1 saturated heterocycles. The average Bonchev–Trinajstić information content (AvgIpc) is 3.19. The largest absolute Gasteiger partial charge is 0.376 e. The van der Waals surface area contributed by atoms with Gasteiger partial charge in [-0.25, -0.2) is 13.1 Å². The van der Waals surface area contributed by atoms with E-state index in [2.05, 4.69) is 4.72 Å². The summed E-state index contributed by atoms with van der Waals surface area (Å²) in [6.45, 7) is 2.06. The van der Waals surface area contributed by atoms with Gasteiger partial charge in [0.15, 0.2) is 5.78 Å². The summed E-state index contributed by atoms with van der Waals surface area (Å²) in [5.74, 6) is 0.421. The Labute approximate surface area is 124 Å². The summed E-state index contributed by atoms with van der Waals surface area (Å²) in [6.07, 6.45) is 2.97. The molecular weight excluding hydrogens is 290 g/mol. The highest BCUT2D eigenvalue weighted by Gasteiger charge is 2.42. The molecule has 1 aromatic rings. The van der Waals surface area contributed by atoms with Crippen molar-refractivity contribution in [2.45, 2.75) is 43.2 Å². The fourth-order valence-electron chi connectivity index (χ4n) is 2.76. The molecule has 0 amide bonds. The number of nitrogens with one attached hydrogen (secondary N) is 1. The van der Waals surface area contributed by atoms with Gasteiger partial charge >= 0.3 is 0 Å². The summed E-state index contributed by atoms with van der Waals surface area (Å²) in [7, 11) is -3.57. The first-order valence-corrected chi connectivity index (χ1v) is 8.70. The standard InChI is InChI=1S/C15H19NO4S/c1-10(17)11-4-6-13(7-5-11)21(18,19)16-14-8-9-20-15(14)12-2-3-12/h4-7,12,14-16H,2-3,8-9H2,1H3. The maximum absolute atomic E-state index is 12.4. The summed E-state index contributed by atoms with van der Waals surface area (Å²) in [4.78, 5) is 11.4. The van der Waals surface area contributed by atoms with Crippen molar-refractivity contribution in [3.05, 3.63) is 29.8 Å². The number of ketones is 1. The van der Waals surface area contributed by atoms with Gasteiger partial charge in [0.05, 0.1) is 17.0 Å². The normalized spacial score (nSPS) is 26.0. The van der Waals surface area contributed by atoms with Crippen LogP contribution in [0.3, 0.4) is 0 Å². The number of hydrogen-bond acceptors (Lipinski definition) is 4. The molecule has 1 N–H and O–H groups in total. The smallest absolute Gasteiger partial charge is 0.240 e. The quantitative estimate of drug-likeness (QED) is 0.841. The van der Waals surface area contributed by atoms with E-state index in [0.29, 0.717) is 24.5 Å². The molecule has 21 heavy (non-hydrogen) atoms. The topological polar surface area (TPSA) is 72.5 Å². The first-order chi connectivity index (χ1) is 9.97. The molecular formula is C15H19NO4S. The zero-order valence-corrected chi connectivity index (χ0v) is 12.7. The number of sulfonamides is 1. The van der Waals surface area contributed by atoms with Crippen LogP contribution in [0.4, 0.5) is 0 Å². The number of carbonyl (C=O) groups is 1. The predicted octanol–water partition coefficient (Wildman–Crippen LogP) is 1.74. The number of ether oxygens (including phenoxy) is 1. The lowest BCUT2D eigenvalue weighted by molar-refractivity contribution is 0.0848. The average molecular weight is 309 g/mol. The highest BCUT2D eigenvalue weighted by atomic mass is 32.2. The third-order valence-electron chi connectivity index (χ3n) is 4.10. The third-order valence-corrected chi connectivity index (χ3v) is 5.61. The molecule has 1 heterocycles. The number of carbonyl (C=O) groups excluding carboxylic acids is 1. The molecule has 0 radical (unpaired) electrons. The second-order valence-corrected chi connectivity index (χ2v) is 7.48. The summed E-state index contributed by atoms with van der Waals surface area (Å²) >= 11 is 0. The van der Waals surface area contributed by atoms with Crippen molar-refractivity contribution in [3.63, 3.8) is 0 Å². The number of hydrogen-bond donors (Lipinski definition) is 1. The molecule has 0 spiro atoms. The molecule has 114 valence electrons. The summed E-state index contributed by atoms with van der Waals surface area (Å²) in [6, 6.07) is 5.89. The molecule has 2 aliphatic rings. The molecule has 3 rings (SSSR count). The van der Waals surface area contributed by atoms with E-state index >= 15 is 0 Å². The van der Waals surface area contributed by atoms with E-state index in [0.717, 1.165) is 12.8 Å². The minimum atomic E-state index is -3.57. The van der Waals surface area contributed by atoms with Gasteiger partial charge in [0.2, 0.25) is 10.0 Å². The summed E-state index contributed by atoms with van der Waals surface area (Å²) < 4.78 is 33.2. The second-order valence-electron chi connectivity index (χ2n) is 5.77. The number of Topliss-reactive ketones (excluding diaryl/α,β-unsaturated/α-hetero) is 1. The molecule has 1 aromatic carbocycles. The van der Waals surface area contributed by atoms with Crippen LogP contribution in [0, 0.1) is 5.92 Å². The van der Waals surface area contributed by atoms with Gasteiger partial charge in [-0.1, -0.05) is 12.1 Å². The van der Waals surface area contributed by atoms with Gasteiger partial charge in [-0.2, -0.15) is 0 Å². The van der Waals surface area contributed by atoms with Crippen LogP contribution in [0.15, 0.2) is 29.2 Å². The Bertz CT molecular complexity index is 634. The van der Waals surface area contributed by atoms with E-state index in [1.54, 1.807) is 12.1 Å². The lowest BCUT2D eigenvalue weighted by atomic mass is 10.1. The number of rotatable bonds is 5. The Morgan fingerprint density at radius 3 is 2.43 bits per heavy atom. The maximum atomic E-state index is 12.4. The Morgan fingerprint density at radius 1 is 1.19 bits per heavy atom. The van der Waals surface area contributed by atoms with Gasteiger partial charge in [-0.3, -0.25) is 4.79 Å². The summed E-state index contributed by atoms with van der Waals surface area (Å²) in [5, 5.41) is 0. The van der Waals surface area contributed by atoms with Crippen LogP contribution in [-0.4, -0.2) is 33.0 Å². The molecule has 6 heteroatoms. The van der Waals surface area contributed by atoms with Gasteiger partial charge in [-0.05, 0) is 44.2 Å². The molecule has 5 nitrogen and oxygen atoms in total. The van der Waals surface area contributed by atoms with Crippen molar-refractivity contribution < 1.29 is 17.9 Å². The third kappa shape index (κ3) is 3.17. The first-order valence-electron chi connectivity index (χ1n) is 7.22. The van der Waals surface area contributed by atoms with Crippen molar-refractivity contribution in [2.75, 3.05) is 6.61 Å². The van der Waals surface area contributed by atoms with Gasteiger partial charge in [0.1, 0.15) is 0 Å². The van der Waals surface area contributed by atoms with Crippen LogP contribution in [0.2, 0.25) is 0 Å². The first kappa shape index (κ1) is 14.7. The fraction of sp³-hybridized carbons (Fsp3) is 0.533. The monoisotopic (exact) mass is 309 g/mol. The van der Waals surface area contributed by atoms with Gasteiger partial charge in [-0.15, -0.1) is 0 Å². The highest BCUT2D eigenvalue weighted by molar-refractivity contribution is 7.89. The van der Waals surface area contributed by atoms with Gasteiger partial charge in [0, 0.05) is 12.2 Å². The fourth-order valence-corrected chi connectivity index (χ4v) is 4.04. The second kappa shape index (κ2) is 5.51. The molecule has 0 aromatic heterocycles. The molecule has 2 unspecified atom stereocenters. The van der Waals surface area contributed by atoms with E-state index in [1.165, 1.54) is 19.1 Å². The van der Waals surface area contributed by atoms with Gasteiger partial charge < -0.3 is 4.74 Å². The molecule has 2 fully saturated rings. The van der Waals surface area contributed by atoms with Crippen molar-refractivity contribution in [3.8, 4) is 0 Å². The molecule has 1 saturated carbocycles. The lowest BCUT2D eigenvalue weighted by Gasteiger charge is -2.19. The maximum Gasteiger partial charge on any atom is 0.240 e. The lowest BCUT2D eigenvalue weighted by Crippen LogP contribution is -2.41.